The maximum atomic E-state index is 2.69. The number of para-hydroxylation sites is 4. The second kappa shape index (κ2) is 24.3. The quantitative estimate of drug-likeness (QED) is 0.141. The molecule has 0 fully saturated rings. The first-order valence-electron chi connectivity index (χ1n) is 37.6. The molecule has 106 heavy (non-hydrogen) atoms. The van der Waals surface area contributed by atoms with E-state index in [-0.39, 0.29) is 28.4 Å². The molecule has 0 N–H and O–H groups in total. The van der Waals surface area contributed by atoms with Crippen molar-refractivity contribution in [1.29, 1.82) is 0 Å². The zero-order chi connectivity index (χ0) is 72.4. The summed E-state index contributed by atoms with van der Waals surface area (Å²) >= 11 is 3.77. The van der Waals surface area contributed by atoms with Crippen LogP contribution in [0.2, 0.25) is 0 Å². The number of hydrogen-bond donors (Lipinski definition) is 0. The number of fused-ring (bicyclic) bond motifs is 13. The van der Waals surface area contributed by atoms with Gasteiger partial charge in [0, 0.05) is 90.7 Å². The molecule has 19 rings (SSSR count). The van der Waals surface area contributed by atoms with Gasteiger partial charge in [-0.25, -0.2) is 0 Å². The Labute approximate surface area is 631 Å². The Balaban J connectivity index is 0.964. The fourth-order valence-electron chi connectivity index (χ4n) is 17.2. The molecule has 0 radical (unpaired) electrons. The van der Waals surface area contributed by atoms with Gasteiger partial charge in [-0.3, -0.25) is 0 Å². The molecule has 0 bridgehead atoms. The van der Waals surface area contributed by atoms with Crippen molar-refractivity contribution in [1.82, 2.24) is 4.57 Å². The summed E-state index contributed by atoms with van der Waals surface area (Å²) in [6, 6.07) is 113. The lowest BCUT2D eigenvalue weighted by Crippen LogP contribution is -2.61. The van der Waals surface area contributed by atoms with E-state index in [2.05, 4.69) is 389 Å². The van der Waals surface area contributed by atoms with Crippen LogP contribution in [0.3, 0.4) is 0 Å². The molecule has 14 aromatic carbocycles. The topological polar surface area (TPSA) is 11.4 Å². The average molecular weight is 1400 g/mol. The van der Waals surface area contributed by atoms with Gasteiger partial charge in [0.2, 0.25) is 0 Å². The van der Waals surface area contributed by atoms with Crippen LogP contribution in [0.25, 0.3) is 123 Å². The monoisotopic (exact) mass is 1400 g/mol. The Bertz CT molecular complexity index is 6100. The van der Waals surface area contributed by atoms with Gasteiger partial charge < -0.3 is 14.4 Å². The predicted octanol–water partition coefficient (Wildman–Crippen LogP) is 27.1. The zero-order valence-corrected chi connectivity index (χ0v) is 64.1. The molecular weight excluding hydrogens is 1320 g/mol. The molecule has 6 heteroatoms. The van der Waals surface area contributed by atoms with Gasteiger partial charge in [-0.15, -0.1) is 22.7 Å². The third-order valence-electron chi connectivity index (χ3n) is 22.8. The number of anilines is 6. The molecule has 0 unspecified atom stereocenters. The number of hydrogen-bond acceptors (Lipinski definition) is 4. The van der Waals surface area contributed by atoms with Crippen molar-refractivity contribution in [3.05, 3.63) is 313 Å². The number of aromatic nitrogens is 1. The fraction of sp³-hybridized carbons (Fsp3) is 0.160. The van der Waals surface area contributed by atoms with Gasteiger partial charge in [0.05, 0.1) is 22.4 Å². The van der Waals surface area contributed by atoms with Crippen LogP contribution in [0.15, 0.2) is 291 Å². The Morgan fingerprint density at radius 2 is 0.651 bits per heavy atom. The van der Waals surface area contributed by atoms with E-state index >= 15 is 0 Å². The van der Waals surface area contributed by atoms with Crippen LogP contribution in [-0.4, -0.2) is 11.3 Å². The SMILES string of the molecule is CC(C)(C)c1cc(-c2ccccc2N2c3ccc(-c4cccc5sc6ccccc6c45)cc3B3c4cc(-c5cccc6sc7ccccc7c56)ccc4N(c4ccccc4-c4cc(C(C)(C)C)cc(C(C)(C)C)c4)c4cc(-c5ccc6c(c5)c5ccccc5n6-c5ccccc5)cc2c43)cc(C(C)(C)C)c1. The second-order valence-corrected chi connectivity index (χ2v) is 35.9. The van der Waals surface area contributed by atoms with Gasteiger partial charge in [0.25, 0.3) is 6.71 Å². The van der Waals surface area contributed by atoms with Crippen molar-refractivity contribution in [2.45, 2.75) is 105 Å². The normalized spacial score (nSPS) is 13.2. The summed E-state index contributed by atoms with van der Waals surface area (Å²) in [5.74, 6) is 0. The highest BCUT2D eigenvalue weighted by molar-refractivity contribution is 7.26. The molecular formula is C100H84BN3S2. The maximum absolute atomic E-state index is 2.69. The van der Waals surface area contributed by atoms with Crippen molar-refractivity contribution in [2.75, 3.05) is 9.80 Å². The minimum atomic E-state index is -0.243. The third kappa shape index (κ3) is 10.7. The van der Waals surface area contributed by atoms with Crippen LogP contribution in [0, 0.1) is 0 Å². The highest BCUT2D eigenvalue weighted by atomic mass is 32.1. The molecule has 514 valence electrons. The largest absolute Gasteiger partial charge is 0.311 e. The molecule has 3 nitrogen and oxygen atoms in total. The summed E-state index contributed by atoms with van der Waals surface area (Å²) in [5, 5.41) is 7.63. The van der Waals surface area contributed by atoms with Crippen molar-refractivity contribution in [2.24, 2.45) is 0 Å². The lowest BCUT2D eigenvalue weighted by molar-refractivity contribution is 0.568. The van der Waals surface area contributed by atoms with Crippen molar-refractivity contribution >= 4 is 142 Å². The lowest BCUT2D eigenvalue weighted by atomic mass is 9.33. The minimum Gasteiger partial charge on any atom is -0.311 e. The molecule has 0 amide bonds. The summed E-state index contributed by atoms with van der Waals surface area (Å²) < 4.78 is 7.62. The first kappa shape index (κ1) is 65.7. The Kier molecular flexibility index (Phi) is 15.0. The zero-order valence-electron chi connectivity index (χ0n) is 62.4. The summed E-state index contributed by atoms with van der Waals surface area (Å²) in [6.45, 7) is 28.1. The third-order valence-corrected chi connectivity index (χ3v) is 25.0. The van der Waals surface area contributed by atoms with Gasteiger partial charge in [-0.1, -0.05) is 283 Å². The molecule has 17 aromatic rings. The number of nitrogens with zero attached hydrogens (tertiary/aromatic N) is 3. The standard InChI is InChI=1S/C100H84BN3S2/c1-97(2,3)67-50-65(51-68(59-67)98(4,5)6)72-30-16-21-37-82(72)103-86-48-45-62(74-35-26-42-92-94(74)77-33-19-24-40-90(77)105-92)55-80(86)101-81-56-63(75-36-27-43-93-95(75)78-34-20-25-41-91(78)106-93)46-49-87(81)104(83-38-22-17-31-73(83)66-52-69(99(7,8)9)60-70(53-66)100(10,11)12)89-58-64(57-88(103)96(89)101)61-44-47-85-79(54-61)76-32-18-23-39-84(76)102(85)71-28-14-13-15-29-71/h13-60H,1-12H3. The van der Waals surface area contributed by atoms with Crippen molar-refractivity contribution in [3.63, 3.8) is 0 Å². The first-order valence-corrected chi connectivity index (χ1v) is 39.2. The molecule has 2 aliphatic rings. The summed E-state index contributed by atoms with van der Waals surface area (Å²) in [6.07, 6.45) is 0. The highest BCUT2D eigenvalue weighted by Gasteiger charge is 2.45. The molecule has 0 spiro atoms. The molecule has 5 heterocycles. The number of benzene rings is 14. The van der Waals surface area contributed by atoms with Crippen LogP contribution in [-0.2, 0) is 21.7 Å². The van der Waals surface area contributed by atoms with Gasteiger partial charge in [0.15, 0.2) is 0 Å². The molecule has 0 atom stereocenters. The Morgan fingerprint density at radius 1 is 0.255 bits per heavy atom. The van der Waals surface area contributed by atoms with Crippen molar-refractivity contribution < 1.29 is 0 Å². The first-order chi connectivity index (χ1) is 51.1. The van der Waals surface area contributed by atoms with Crippen LogP contribution in [0.1, 0.15) is 105 Å². The van der Waals surface area contributed by atoms with E-state index < -0.39 is 0 Å². The summed E-state index contributed by atoms with van der Waals surface area (Å²) in [5.41, 5.74) is 31.0. The number of rotatable bonds is 8. The highest BCUT2D eigenvalue weighted by Crippen LogP contribution is 2.53. The van der Waals surface area contributed by atoms with Gasteiger partial charge in [0.1, 0.15) is 0 Å². The summed E-state index contributed by atoms with van der Waals surface area (Å²) in [4.78, 5) is 5.38. The average Bonchev–Trinajstić information content (AvgIpc) is 0.729. The lowest BCUT2D eigenvalue weighted by Gasteiger charge is -2.45. The minimum absolute atomic E-state index is 0.110. The van der Waals surface area contributed by atoms with E-state index in [4.69, 9.17) is 0 Å². The number of thiophene rings is 2. The molecule has 0 saturated heterocycles. The van der Waals surface area contributed by atoms with E-state index in [9.17, 15) is 0 Å². The molecule has 3 aromatic heterocycles. The van der Waals surface area contributed by atoms with E-state index in [1.165, 1.54) is 145 Å². The predicted molar refractivity (Wildman–Crippen MR) is 463 cm³/mol. The Morgan fingerprint density at radius 3 is 1.13 bits per heavy atom. The Hall–Kier alpha value is -11.0. The van der Waals surface area contributed by atoms with E-state index in [0.29, 0.717) is 0 Å². The molecule has 2 aliphatic heterocycles. The van der Waals surface area contributed by atoms with Crippen LogP contribution in [0.4, 0.5) is 34.1 Å². The maximum Gasteiger partial charge on any atom is 0.252 e. The van der Waals surface area contributed by atoms with E-state index in [0.717, 1.165) is 50.9 Å². The smallest absolute Gasteiger partial charge is 0.252 e. The van der Waals surface area contributed by atoms with Crippen molar-refractivity contribution in [3.8, 4) is 61.3 Å². The fourth-order valence-corrected chi connectivity index (χ4v) is 19.5. The van der Waals surface area contributed by atoms with E-state index in [1.807, 2.05) is 22.7 Å². The van der Waals surface area contributed by atoms with Gasteiger partial charge in [-0.05, 0) is 196 Å². The van der Waals surface area contributed by atoms with Crippen LogP contribution < -0.4 is 26.2 Å². The van der Waals surface area contributed by atoms with Crippen LogP contribution >= 0.6 is 22.7 Å². The van der Waals surface area contributed by atoms with E-state index in [1.54, 1.807) is 0 Å². The molecule has 0 aliphatic carbocycles. The van der Waals surface area contributed by atoms with Gasteiger partial charge in [-0.2, -0.15) is 0 Å². The second-order valence-electron chi connectivity index (χ2n) is 33.7. The van der Waals surface area contributed by atoms with Crippen LogP contribution in [0.5, 0.6) is 0 Å². The summed E-state index contributed by atoms with van der Waals surface area (Å²) in [7, 11) is 0. The van der Waals surface area contributed by atoms with Gasteiger partial charge >= 0.3 is 0 Å². The molecule has 0 saturated carbocycles.